The number of nitrogens with one attached hydrogen (secondary N) is 2. The highest BCUT2D eigenvalue weighted by Gasteiger charge is 2.35. The van der Waals surface area contributed by atoms with Gasteiger partial charge in [-0.15, -0.1) is 0 Å². The van der Waals surface area contributed by atoms with Gasteiger partial charge in [0.15, 0.2) is 16.6 Å². The molecule has 0 aliphatic carbocycles. The summed E-state index contributed by atoms with van der Waals surface area (Å²) in [5, 5.41) is 6.69. The predicted molar refractivity (Wildman–Crippen MR) is 111 cm³/mol. The van der Waals surface area contributed by atoms with E-state index in [0.717, 1.165) is 11.1 Å². The topological polar surface area (TPSA) is 68.8 Å². The van der Waals surface area contributed by atoms with E-state index in [1.165, 1.54) is 0 Å². The second kappa shape index (κ2) is 8.75. The van der Waals surface area contributed by atoms with E-state index in [4.69, 9.17) is 26.4 Å². The van der Waals surface area contributed by atoms with Crippen LogP contribution in [0, 0.1) is 0 Å². The van der Waals surface area contributed by atoms with Gasteiger partial charge in [-0.05, 0) is 30.8 Å². The quantitative estimate of drug-likeness (QED) is 0.572. The van der Waals surface area contributed by atoms with Crippen molar-refractivity contribution in [2.75, 3.05) is 20.8 Å². The lowest BCUT2D eigenvalue weighted by molar-refractivity contribution is -0.138. The van der Waals surface area contributed by atoms with Gasteiger partial charge in [0, 0.05) is 5.56 Å². The van der Waals surface area contributed by atoms with Crippen molar-refractivity contribution in [3.05, 3.63) is 65.2 Å². The Morgan fingerprint density at radius 3 is 2.46 bits per heavy atom. The maximum Gasteiger partial charge on any atom is 0.338 e. The Kier molecular flexibility index (Phi) is 6.16. The molecule has 3 rings (SSSR count). The first kappa shape index (κ1) is 19.7. The highest BCUT2D eigenvalue weighted by Crippen LogP contribution is 2.40. The molecule has 0 amide bonds. The first-order chi connectivity index (χ1) is 13.6. The first-order valence-electron chi connectivity index (χ1n) is 8.85. The molecule has 0 saturated heterocycles. The van der Waals surface area contributed by atoms with Gasteiger partial charge in [0.05, 0.1) is 38.1 Å². The summed E-state index contributed by atoms with van der Waals surface area (Å²) in [6.45, 7) is 2.03. The van der Waals surface area contributed by atoms with Gasteiger partial charge in [0.2, 0.25) is 0 Å². The molecule has 0 saturated carbocycles. The van der Waals surface area contributed by atoms with Crippen LogP contribution < -0.4 is 20.1 Å². The molecular weight excluding hydrogens is 376 g/mol. The average Bonchev–Trinajstić information content (AvgIpc) is 2.73. The van der Waals surface area contributed by atoms with Crippen molar-refractivity contribution in [1.29, 1.82) is 0 Å². The summed E-state index contributed by atoms with van der Waals surface area (Å²) >= 11 is 5.42. The molecule has 146 valence electrons. The van der Waals surface area contributed by atoms with Gasteiger partial charge in [0.1, 0.15) is 0 Å². The summed E-state index contributed by atoms with van der Waals surface area (Å²) in [7, 11) is 3.13. The molecule has 0 fully saturated rings. The second-order valence-electron chi connectivity index (χ2n) is 5.99. The molecule has 0 unspecified atom stereocenters. The molecule has 2 N–H and O–H groups in total. The summed E-state index contributed by atoms with van der Waals surface area (Å²) in [5.74, 6) is 0.663. The average molecular weight is 398 g/mol. The number of benzene rings is 2. The Morgan fingerprint density at radius 2 is 1.82 bits per heavy atom. The van der Waals surface area contributed by atoms with Gasteiger partial charge in [-0.1, -0.05) is 42.5 Å². The number of carbonyl (C=O) groups is 1. The first-order valence-corrected chi connectivity index (χ1v) is 9.26. The molecule has 2 aromatic rings. The van der Waals surface area contributed by atoms with Crippen molar-refractivity contribution in [3.63, 3.8) is 0 Å². The summed E-state index contributed by atoms with van der Waals surface area (Å²) in [5.41, 5.74) is 2.59. The number of carbonyl (C=O) groups excluding carboxylic acids is 1. The van der Waals surface area contributed by atoms with E-state index in [-0.39, 0.29) is 6.61 Å². The molecule has 0 radical (unpaired) electrons. The third-order valence-electron chi connectivity index (χ3n) is 4.37. The van der Waals surface area contributed by atoms with Gasteiger partial charge in [-0.25, -0.2) is 4.79 Å². The molecule has 7 heteroatoms. The van der Waals surface area contributed by atoms with Crippen molar-refractivity contribution >= 4 is 29.0 Å². The zero-order chi connectivity index (χ0) is 20.1. The molecule has 0 bridgehead atoms. The van der Waals surface area contributed by atoms with E-state index in [9.17, 15) is 4.79 Å². The number of esters is 1. The fourth-order valence-corrected chi connectivity index (χ4v) is 3.42. The lowest BCUT2D eigenvalue weighted by atomic mass is 9.92. The molecule has 1 atom stereocenters. The highest BCUT2D eigenvalue weighted by atomic mass is 32.1. The van der Waals surface area contributed by atoms with Crippen LogP contribution in [0.3, 0.4) is 0 Å². The van der Waals surface area contributed by atoms with Crippen LogP contribution >= 0.6 is 12.2 Å². The summed E-state index contributed by atoms with van der Waals surface area (Å²) < 4.78 is 16.4. The van der Waals surface area contributed by atoms with Crippen LogP contribution in [-0.2, 0) is 9.53 Å². The Hall–Kier alpha value is -3.06. The van der Waals surface area contributed by atoms with Crippen LogP contribution in [0.1, 0.15) is 24.1 Å². The van der Waals surface area contributed by atoms with Crippen molar-refractivity contribution in [2.45, 2.75) is 13.0 Å². The second-order valence-corrected chi connectivity index (χ2v) is 6.40. The monoisotopic (exact) mass is 398 g/mol. The standard InChI is InChI=1S/C21H22N2O4S/c1-4-27-20(24)16-17(13-9-6-5-7-10-13)22-21(28)23-18(16)14-11-8-12-15(25-2)19(14)26-3/h5-12,18H,4H2,1-3H3,(H2,22,23,28)/t18-/m1/s1. The van der Waals surface area contributed by atoms with E-state index in [2.05, 4.69) is 10.6 Å². The zero-order valence-corrected chi connectivity index (χ0v) is 16.8. The minimum absolute atomic E-state index is 0.261. The molecule has 0 spiro atoms. The van der Waals surface area contributed by atoms with Crippen LogP contribution in [-0.4, -0.2) is 31.9 Å². The van der Waals surface area contributed by atoms with Gasteiger partial charge in [0.25, 0.3) is 0 Å². The van der Waals surface area contributed by atoms with Gasteiger partial charge in [-0.2, -0.15) is 0 Å². The van der Waals surface area contributed by atoms with Crippen LogP contribution in [0.25, 0.3) is 5.70 Å². The normalized spacial score (nSPS) is 16.1. The number of ether oxygens (including phenoxy) is 3. The number of hydrogen-bond acceptors (Lipinski definition) is 5. The Bertz CT molecular complexity index is 912. The van der Waals surface area contributed by atoms with E-state index in [1.54, 1.807) is 27.2 Å². The van der Waals surface area contributed by atoms with Crippen LogP contribution in [0.2, 0.25) is 0 Å². The molecule has 28 heavy (non-hydrogen) atoms. The number of rotatable bonds is 6. The van der Waals surface area contributed by atoms with Crippen molar-refractivity contribution in [1.82, 2.24) is 10.6 Å². The zero-order valence-electron chi connectivity index (χ0n) is 15.9. The Labute approximate surface area is 169 Å². The molecule has 6 nitrogen and oxygen atoms in total. The van der Waals surface area contributed by atoms with E-state index < -0.39 is 12.0 Å². The van der Waals surface area contributed by atoms with Crippen LogP contribution in [0.15, 0.2) is 54.1 Å². The molecule has 1 heterocycles. The molecule has 1 aliphatic rings. The summed E-state index contributed by atoms with van der Waals surface area (Å²) in [6.07, 6.45) is 0. The number of para-hydroxylation sites is 1. The predicted octanol–water partition coefficient (Wildman–Crippen LogP) is 3.20. The largest absolute Gasteiger partial charge is 0.493 e. The van der Waals surface area contributed by atoms with Gasteiger partial charge >= 0.3 is 5.97 Å². The van der Waals surface area contributed by atoms with Crippen LogP contribution in [0.5, 0.6) is 11.5 Å². The smallest absolute Gasteiger partial charge is 0.338 e. The van der Waals surface area contributed by atoms with E-state index >= 15 is 0 Å². The molecule has 0 aromatic heterocycles. The minimum Gasteiger partial charge on any atom is -0.493 e. The fourth-order valence-electron chi connectivity index (χ4n) is 3.20. The van der Waals surface area contributed by atoms with E-state index in [1.807, 2.05) is 42.5 Å². The lowest BCUT2D eigenvalue weighted by Gasteiger charge is -2.32. The molecule has 2 aromatic carbocycles. The van der Waals surface area contributed by atoms with Crippen LogP contribution in [0.4, 0.5) is 0 Å². The Balaban J connectivity index is 2.24. The molecule has 1 aliphatic heterocycles. The third-order valence-corrected chi connectivity index (χ3v) is 4.59. The number of thiocarbonyl (C=S) groups is 1. The number of methoxy groups -OCH3 is 2. The third kappa shape index (κ3) is 3.80. The van der Waals surface area contributed by atoms with Gasteiger partial charge < -0.3 is 24.8 Å². The Morgan fingerprint density at radius 1 is 1.07 bits per heavy atom. The van der Waals surface area contributed by atoms with Crippen molar-refractivity contribution in [2.24, 2.45) is 0 Å². The molecular formula is C21H22N2O4S. The number of hydrogen-bond donors (Lipinski definition) is 2. The van der Waals surface area contributed by atoms with Gasteiger partial charge in [-0.3, -0.25) is 0 Å². The highest BCUT2D eigenvalue weighted by molar-refractivity contribution is 7.80. The van der Waals surface area contributed by atoms with E-state index in [0.29, 0.717) is 27.9 Å². The SMILES string of the molecule is CCOC(=O)C1=C(c2ccccc2)NC(=S)N[C@@H]1c1cccc(OC)c1OC. The van der Waals surface area contributed by atoms with Crippen molar-refractivity contribution in [3.8, 4) is 11.5 Å². The maximum atomic E-state index is 13.0. The maximum absolute atomic E-state index is 13.0. The minimum atomic E-state index is -0.562. The summed E-state index contributed by atoms with van der Waals surface area (Å²) in [4.78, 5) is 13.0. The fraction of sp³-hybridized carbons (Fsp3) is 0.238. The summed E-state index contributed by atoms with van der Waals surface area (Å²) in [6, 6.07) is 14.5. The van der Waals surface area contributed by atoms with Crippen molar-refractivity contribution < 1.29 is 19.0 Å². The lowest BCUT2D eigenvalue weighted by Crippen LogP contribution is -2.45.